The predicted octanol–water partition coefficient (Wildman–Crippen LogP) is 3.80. The summed E-state index contributed by atoms with van der Waals surface area (Å²) in [4.78, 5) is 39.9. The fourth-order valence-electron chi connectivity index (χ4n) is 4.89. The van der Waals surface area contributed by atoms with Gasteiger partial charge in [0.1, 0.15) is 11.8 Å². The van der Waals surface area contributed by atoms with Crippen LogP contribution in [0.1, 0.15) is 40.5 Å². The third-order valence-corrected chi connectivity index (χ3v) is 6.57. The highest BCUT2D eigenvalue weighted by molar-refractivity contribution is 5.99. The summed E-state index contributed by atoms with van der Waals surface area (Å²) in [6.45, 7) is 1.95. The van der Waals surface area contributed by atoms with Crippen molar-refractivity contribution in [3.05, 3.63) is 113 Å². The zero-order chi connectivity index (χ0) is 25.9. The molecule has 8 heteroatoms. The van der Waals surface area contributed by atoms with Crippen LogP contribution < -0.4 is 10.1 Å². The zero-order valence-electron chi connectivity index (χ0n) is 20.5. The molecule has 0 spiro atoms. The number of ether oxygens (including phenoxy) is 2. The van der Waals surface area contributed by atoms with E-state index in [-0.39, 0.29) is 18.4 Å². The average Bonchev–Trinajstić information content (AvgIpc) is 3.45. The van der Waals surface area contributed by atoms with Gasteiger partial charge in [-0.1, -0.05) is 60.7 Å². The lowest BCUT2D eigenvalue weighted by molar-refractivity contribution is -0.140. The molecule has 2 aliphatic heterocycles. The topological polar surface area (TPSA) is 88.2 Å². The van der Waals surface area contributed by atoms with Gasteiger partial charge in [0, 0.05) is 11.8 Å². The van der Waals surface area contributed by atoms with E-state index >= 15 is 0 Å². The summed E-state index contributed by atoms with van der Waals surface area (Å²) < 4.78 is 10.7. The van der Waals surface area contributed by atoms with Crippen LogP contribution in [0, 0.1) is 0 Å². The largest absolute Gasteiger partial charge is 0.497 e. The second-order valence-corrected chi connectivity index (χ2v) is 8.72. The summed E-state index contributed by atoms with van der Waals surface area (Å²) in [5, 5.41) is 6.23. The number of nitrogens with one attached hydrogen (secondary N) is 1. The quantitative estimate of drug-likeness (QED) is 0.500. The third kappa shape index (κ3) is 4.47. The van der Waals surface area contributed by atoms with E-state index in [1.807, 2.05) is 65.7 Å². The number of rotatable bonds is 7. The van der Waals surface area contributed by atoms with Gasteiger partial charge in [-0.15, -0.1) is 0 Å². The van der Waals surface area contributed by atoms with Gasteiger partial charge in [0.25, 0.3) is 11.8 Å². The maximum atomic E-state index is 13.8. The summed E-state index contributed by atoms with van der Waals surface area (Å²) in [6, 6.07) is 23.5. The van der Waals surface area contributed by atoms with E-state index in [1.54, 1.807) is 38.3 Å². The van der Waals surface area contributed by atoms with Crippen molar-refractivity contribution in [2.45, 2.75) is 25.0 Å². The summed E-state index contributed by atoms with van der Waals surface area (Å²) in [6.07, 6.45) is 1.53. The molecule has 0 bridgehead atoms. The highest BCUT2D eigenvalue weighted by Crippen LogP contribution is 2.48. The minimum absolute atomic E-state index is 0.206. The summed E-state index contributed by atoms with van der Waals surface area (Å²) in [5.74, 6) is -0.513. The van der Waals surface area contributed by atoms with Crippen molar-refractivity contribution in [1.29, 1.82) is 0 Å². The fraction of sp³-hybridized carbons (Fsp3) is 0.207. The number of hydrazine groups is 1. The van der Waals surface area contributed by atoms with Crippen molar-refractivity contribution in [2.75, 3.05) is 13.7 Å². The third-order valence-electron chi connectivity index (χ3n) is 6.57. The van der Waals surface area contributed by atoms with Gasteiger partial charge in [-0.05, 0) is 42.3 Å². The Kier molecular flexibility index (Phi) is 6.74. The Morgan fingerprint density at radius 1 is 0.892 bits per heavy atom. The molecule has 8 nitrogen and oxygen atoms in total. The van der Waals surface area contributed by atoms with Crippen molar-refractivity contribution < 1.29 is 23.9 Å². The molecule has 0 saturated carbocycles. The van der Waals surface area contributed by atoms with Crippen LogP contribution in [0.2, 0.25) is 0 Å². The lowest BCUT2D eigenvalue weighted by atomic mass is 9.93. The molecule has 188 valence electrons. The lowest BCUT2D eigenvalue weighted by Crippen LogP contribution is -2.43. The standard InChI is InChI=1S/C29H27N3O5/c1-3-37-29(35)23-18-31-28(34)24(30-27(33)21-12-8-5-9-13-21)26(19-10-6-4-7-11-19)32(31)25(23)20-14-16-22(36-2)17-15-20/h4-18,24-26H,3H2,1-2H3,(H,30,33)/t24-,25+,26-/m1/s1. The molecule has 0 aliphatic carbocycles. The van der Waals surface area contributed by atoms with Crippen molar-refractivity contribution in [3.8, 4) is 5.75 Å². The zero-order valence-corrected chi connectivity index (χ0v) is 20.5. The fourth-order valence-corrected chi connectivity index (χ4v) is 4.89. The van der Waals surface area contributed by atoms with Crippen molar-refractivity contribution in [1.82, 2.24) is 15.3 Å². The molecule has 2 amide bonds. The van der Waals surface area contributed by atoms with E-state index in [4.69, 9.17) is 9.47 Å². The Labute approximate surface area is 215 Å². The molecule has 0 radical (unpaired) electrons. The van der Waals surface area contributed by atoms with Gasteiger partial charge in [0.15, 0.2) is 0 Å². The van der Waals surface area contributed by atoms with E-state index in [2.05, 4.69) is 5.32 Å². The minimum atomic E-state index is -0.879. The van der Waals surface area contributed by atoms with Crippen LogP contribution in [0.4, 0.5) is 0 Å². The maximum Gasteiger partial charge on any atom is 0.337 e. The second kappa shape index (κ2) is 10.3. The Morgan fingerprint density at radius 2 is 1.54 bits per heavy atom. The first-order valence-corrected chi connectivity index (χ1v) is 12.1. The molecular formula is C29H27N3O5. The summed E-state index contributed by atoms with van der Waals surface area (Å²) in [7, 11) is 1.58. The van der Waals surface area contributed by atoms with Crippen LogP contribution in [0.5, 0.6) is 5.75 Å². The van der Waals surface area contributed by atoms with Gasteiger partial charge in [-0.25, -0.2) is 9.80 Å². The minimum Gasteiger partial charge on any atom is -0.497 e. The molecule has 1 saturated heterocycles. The smallest absolute Gasteiger partial charge is 0.337 e. The molecule has 3 atom stereocenters. The lowest BCUT2D eigenvalue weighted by Gasteiger charge is -2.33. The molecule has 3 aromatic carbocycles. The van der Waals surface area contributed by atoms with Crippen molar-refractivity contribution >= 4 is 17.8 Å². The number of methoxy groups -OCH3 is 1. The number of esters is 1. The van der Waals surface area contributed by atoms with Gasteiger partial charge in [0.2, 0.25) is 0 Å². The predicted molar refractivity (Wildman–Crippen MR) is 136 cm³/mol. The highest BCUT2D eigenvalue weighted by Gasteiger charge is 2.55. The molecule has 5 rings (SSSR count). The van der Waals surface area contributed by atoms with Crippen molar-refractivity contribution in [2.24, 2.45) is 0 Å². The average molecular weight is 498 g/mol. The molecule has 3 aromatic rings. The number of nitrogens with zero attached hydrogens (tertiary/aromatic N) is 2. The summed E-state index contributed by atoms with van der Waals surface area (Å²) >= 11 is 0. The molecular weight excluding hydrogens is 470 g/mol. The first-order valence-electron chi connectivity index (χ1n) is 12.1. The first-order chi connectivity index (χ1) is 18.0. The van der Waals surface area contributed by atoms with Gasteiger partial charge in [-0.3, -0.25) is 9.59 Å². The maximum absolute atomic E-state index is 13.8. The SMILES string of the molecule is CCOC(=O)C1=CN2C(=O)[C@H](NC(=O)c3ccccc3)[C@@H](c3ccccc3)N2[C@H]1c1ccc(OC)cc1. The molecule has 2 heterocycles. The number of carbonyl (C=O) groups is 3. The van der Waals surface area contributed by atoms with E-state index in [1.165, 1.54) is 11.2 Å². The molecule has 37 heavy (non-hydrogen) atoms. The Hall–Kier alpha value is -4.43. The van der Waals surface area contributed by atoms with E-state index in [9.17, 15) is 14.4 Å². The number of hydrogen-bond donors (Lipinski definition) is 1. The van der Waals surface area contributed by atoms with E-state index in [0.717, 1.165) is 11.1 Å². The molecule has 2 aliphatic rings. The van der Waals surface area contributed by atoms with E-state index in [0.29, 0.717) is 16.9 Å². The normalized spacial score (nSPS) is 20.8. The number of benzene rings is 3. The molecule has 1 N–H and O–H groups in total. The van der Waals surface area contributed by atoms with Gasteiger partial charge < -0.3 is 14.8 Å². The Morgan fingerprint density at radius 3 is 2.16 bits per heavy atom. The summed E-state index contributed by atoms with van der Waals surface area (Å²) in [5.41, 5.74) is 2.41. The number of fused-ring (bicyclic) bond motifs is 1. The molecule has 0 aromatic heterocycles. The van der Waals surface area contributed by atoms with Gasteiger partial charge in [-0.2, -0.15) is 5.01 Å². The van der Waals surface area contributed by atoms with Crippen LogP contribution in [-0.4, -0.2) is 47.6 Å². The first kappa shape index (κ1) is 24.3. The van der Waals surface area contributed by atoms with Gasteiger partial charge >= 0.3 is 5.97 Å². The number of hydrogen-bond acceptors (Lipinski definition) is 6. The number of carbonyl (C=O) groups excluding carboxylic acids is 3. The van der Waals surface area contributed by atoms with Crippen LogP contribution in [0.25, 0.3) is 0 Å². The second-order valence-electron chi connectivity index (χ2n) is 8.72. The van der Waals surface area contributed by atoms with Crippen LogP contribution in [0.3, 0.4) is 0 Å². The highest BCUT2D eigenvalue weighted by atomic mass is 16.5. The van der Waals surface area contributed by atoms with Crippen molar-refractivity contribution in [3.63, 3.8) is 0 Å². The van der Waals surface area contributed by atoms with Gasteiger partial charge in [0.05, 0.1) is 31.4 Å². The van der Waals surface area contributed by atoms with Crippen LogP contribution in [-0.2, 0) is 14.3 Å². The van der Waals surface area contributed by atoms with Crippen LogP contribution in [0.15, 0.2) is 96.7 Å². The monoisotopic (exact) mass is 497 g/mol. The number of amides is 2. The van der Waals surface area contributed by atoms with Crippen LogP contribution >= 0.6 is 0 Å². The van der Waals surface area contributed by atoms with E-state index < -0.39 is 24.1 Å². The molecule has 1 fully saturated rings. The Bertz CT molecular complexity index is 1320. The molecule has 0 unspecified atom stereocenters. The Balaban J connectivity index is 1.60.